The third-order valence-corrected chi connectivity index (χ3v) is 5.02. The Hall–Kier alpha value is -1.96. The lowest BCUT2D eigenvalue weighted by Gasteiger charge is -2.26. The zero-order chi connectivity index (χ0) is 24.7. The summed E-state index contributed by atoms with van der Waals surface area (Å²) in [5.74, 6) is -7.73. The highest BCUT2D eigenvalue weighted by Gasteiger charge is 2.27. The van der Waals surface area contributed by atoms with Gasteiger partial charge in [-0.2, -0.15) is 0 Å². The average Bonchev–Trinajstić information content (AvgIpc) is 2.81. The molecular weight excluding hydrogens is 436 g/mol. The minimum Gasteiger partial charge on any atom is -0.343 e. The lowest BCUT2D eigenvalue weighted by molar-refractivity contribution is -0.360. The third kappa shape index (κ3) is 10.2. The molecule has 2 aromatic carbocycles. The molecule has 0 fully saturated rings. The van der Waals surface area contributed by atoms with Gasteiger partial charge in [-0.05, 0) is 31.9 Å². The van der Waals surface area contributed by atoms with E-state index in [9.17, 15) is 22.7 Å². The Balaban J connectivity index is 0.000000330. The molecule has 0 bridgehead atoms. The van der Waals surface area contributed by atoms with Gasteiger partial charge in [0, 0.05) is 25.2 Å². The SMILES string of the molecule is CCCCCCCCCC(O)(OCC)OCC.Fc1cc(-c2ccccc2)c(F)c(F)c1F. The summed E-state index contributed by atoms with van der Waals surface area (Å²) in [5.41, 5.74) is -0.00481. The second-order valence-corrected chi connectivity index (χ2v) is 7.66. The molecule has 0 atom stereocenters. The topological polar surface area (TPSA) is 38.7 Å². The van der Waals surface area contributed by atoms with Crippen molar-refractivity contribution in [1.82, 2.24) is 0 Å². The fraction of sp³-hybridized carbons (Fsp3) is 0.538. The maximum Gasteiger partial charge on any atom is 0.280 e. The van der Waals surface area contributed by atoms with E-state index >= 15 is 0 Å². The predicted octanol–water partition coefficient (Wildman–Crippen LogP) is 7.76. The Morgan fingerprint density at radius 3 is 1.82 bits per heavy atom. The van der Waals surface area contributed by atoms with Crippen LogP contribution in [0.4, 0.5) is 17.6 Å². The van der Waals surface area contributed by atoms with E-state index in [2.05, 4.69) is 6.92 Å². The van der Waals surface area contributed by atoms with Gasteiger partial charge in [0.15, 0.2) is 23.3 Å². The van der Waals surface area contributed by atoms with Crippen molar-refractivity contribution in [1.29, 1.82) is 0 Å². The molecule has 186 valence electrons. The van der Waals surface area contributed by atoms with Crippen LogP contribution in [0.25, 0.3) is 11.1 Å². The minimum atomic E-state index is -1.79. The van der Waals surface area contributed by atoms with Crippen LogP contribution >= 0.6 is 0 Å². The number of hydrogen-bond acceptors (Lipinski definition) is 3. The molecule has 33 heavy (non-hydrogen) atoms. The molecule has 0 aliphatic rings. The summed E-state index contributed by atoms with van der Waals surface area (Å²) >= 11 is 0. The van der Waals surface area contributed by atoms with Gasteiger partial charge in [-0.25, -0.2) is 17.6 Å². The highest BCUT2D eigenvalue weighted by Crippen LogP contribution is 2.27. The molecule has 0 aromatic heterocycles. The fourth-order valence-corrected chi connectivity index (χ4v) is 3.34. The molecule has 0 aliphatic carbocycles. The van der Waals surface area contributed by atoms with Crippen LogP contribution in [0, 0.1) is 23.3 Å². The molecule has 2 rings (SSSR count). The maximum absolute atomic E-state index is 13.3. The standard InChI is InChI=1S/C14H30O3.C12H6F4/c1-4-7-8-9-10-11-12-13-14(15,16-5-2)17-6-3;13-9-6-8(7-4-2-1-3-5-7)10(14)12(16)11(9)15/h15H,4-13H2,1-3H3;1-6H. The Morgan fingerprint density at radius 2 is 1.27 bits per heavy atom. The number of aliphatic hydroxyl groups is 1. The summed E-state index contributed by atoms with van der Waals surface area (Å²) in [6.07, 6.45) is 9.18. The van der Waals surface area contributed by atoms with Gasteiger partial charge in [-0.3, -0.25) is 0 Å². The van der Waals surface area contributed by atoms with Gasteiger partial charge in [-0.1, -0.05) is 75.8 Å². The van der Waals surface area contributed by atoms with E-state index in [1.807, 2.05) is 13.8 Å². The monoisotopic (exact) mass is 472 g/mol. The van der Waals surface area contributed by atoms with Crippen molar-refractivity contribution in [2.24, 2.45) is 0 Å². The molecular formula is C26H36F4O3. The first-order valence-electron chi connectivity index (χ1n) is 11.7. The second-order valence-electron chi connectivity index (χ2n) is 7.66. The number of unbranched alkanes of at least 4 members (excludes halogenated alkanes) is 6. The third-order valence-electron chi connectivity index (χ3n) is 5.02. The first kappa shape index (κ1) is 29.1. The maximum atomic E-state index is 13.3. The first-order valence-corrected chi connectivity index (χ1v) is 11.7. The molecule has 0 unspecified atom stereocenters. The van der Waals surface area contributed by atoms with E-state index in [1.54, 1.807) is 18.2 Å². The molecule has 0 aliphatic heterocycles. The Kier molecular flexibility index (Phi) is 13.9. The summed E-state index contributed by atoms with van der Waals surface area (Å²) in [6.45, 7) is 6.92. The fourth-order valence-electron chi connectivity index (χ4n) is 3.34. The van der Waals surface area contributed by atoms with E-state index in [-0.39, 0.29) is 11.1 Å². The van der Waals surface area contributed by atoms with Gasteiger partial charge in [0.05, 0.1) is 0 Å². The Morgan fingerprint density at radius 1 is 0.727 bits per heavy atom. The van der Waals surface area contributed by atoms with Crippen LogP contribution in [0.2, 0.25) is 0 Å². The number of benzene rings is 2. The van der Waals surface area contributed by atoms with Crippen molar-refractivity contribution in [2.75, 3.05) is 13.2 Å². The Bertz CT molecular complexity index is 794. The van der Waals surface area contributed by atoms with Crippen LogP contribution in [0.1, 0.15) is 72.1 Å². The number of ether oxygens (including phenoxy) is 2. The molecule has 0 radical (unpaired) electrons. The second kappa shape index (κ2) is 15.8. The van der Waals surface area contributed by atoms with E-state index in [1.165, 1.54) is 44.2 Å². The zero-order valence-electron chi connectivity index (χ0n) is 19.8. The van der Waals surface area contributed by atoms with Gasteiger partial charge >= 0.3 is 0 Å². The van der Waals surface area contributed by atoms with Crippen molar-refractivity contribution >= 4 is 0 Å². The van der Waals surface area contributed by atoms with Crippen LogP contribution in [-0.4, -0.2) is 24.3 Å². The highest BCUT2D eigenvalue weighted by molar-refractivity contribution is 5.64. The molecule has 2 aromatic rings. The van der Waals surface area contributed by atoms with Crippen molar-refractivity contribution in [3.63, 3.8) is 0 Å². The van der Waals surface area contributed by atoms with Gasteiger partial charge in [0.1, 0.15) is 0 Å². The van der Waals surface area contributed by atoms with E-state index in [0.29, 0.717) is 25.7 Å². The summed E-state index contributed by atoms with van der Waals surface area (Å²) in [4.78, 5) is 0. The summed E-state index contributed by atoms with van der Waals surface area (Å²) in [5, 5.41) is 10.0. The molecule has 0 spiro atoms. The molecule has 1 N–H and O–H groups in total. The zero-order valence-corrected chi connectivity index (χ0v) is 19.8. The van der Waals surface area contributed by atoms with Crippen molar-refractivity contribution in [2.45, 2.75) is 78.1 Å². The number of hydrogen-bond donors (Lipinski definition) is 1. The van der Waals surface area contributed by atoms with E-state index in [0.717, 1.165) is 12.8 Å². The van der Waals surface area contributed by atoms with Crippen LogP contribution < -0.4 is 0 Å². The van der Waals surface area contributed by atoms with Crippen LogP contribution in [0.15, 0.2) is 36.4 Å². The van der Waals surface area contributed by atoms with Crippen molar-refractivity contribution in [3.8, 4) is 11.1 Å². The Labute approximate surface area is 194 Å². The minimum absolute atomic E-state index is 0.290. The number of rotatable bonds is 13. The van der Waals surface area contributed by atoms with E-state index in [4.69, 9.17) is 9.47 Å². The quantitative estimate of drug-likeness (QED) is 0.106. The van der Waals surface area contributed by atoms with Crippen molar-refractivity contribution in [3.05, 3.63) is 59.7 Å². The molecule has 0 saturated heterocycles. The van der Waals surface area contributed by atoms with Crippen molar-refractivity contribution < 1.29 is 32.1 Å². The first-order chi connectivity index (χ1) is 15.8. The van der Waals surface area contributed by atoms with E-state index < -0.39 is 29.2 Å². The smallest absolute Gasteiger partial charge is 0.280 e. The summed E-state index contributed by atoms with van der Waals surface area (Å²) in [6, 6.07) is 8.47. The molecule has 0 amide bonds. The largest absolute Gasteiger partial charge is 0.343 e. The van der Waals surface area contributed by atoms with Gasteiger partial charge in [-0.15, -0.1) is 0 Å². The molecule has 0 heterocycles. The van der Waals surface area contributed by atoms with Gasteiger partial charge in [0.25, 0.3) is 5.97 Å². The van der Waals surface area contributed by atoms with Gasteiger partial charge in [0.2, 0.25) is 0 Å². The van der Waals surface area contributed by atoms with Crippen LogP contribution in [0.5, 0.6) is 0 Å². The number of halogens is 4. The van der Waals surface area contributed by atoms with Crippen LogP contribution in [-0.2, 0) is 9.47 Å². The molecule has 0 saturated carbocycles. The summed E-state index contributed by atoms with van der Waals surface area (Å²) in [7, 11) is 0. The molecule has 7 heteroatoms. The lowest BCUT2D eigenvalue weighted by Crippen LogP contribution is -2.35. The lowest BCUT2D eigenvalue weighted by atomic mass is 10.0. The average molecular weight is 473 g/mol. The van der Waals surface area contributed by atoms with Gasteiger partial charge < -0.3 is 14.6 Å². The molecule has 3 nitrogen and oxygen atoms in total. The predicted molar refractivity (Wildman–Crippen MR) is 123 cm³/mol. The summed E-state index contributed by atoms with van der Waals surface area (Å²) < 4.78 is 62.4. The van der Waals surface area contributed by atoms with Crippen LogP contribution in [0.3, 0.4) is 0 Å². The highest BCUT2D eigenvalue weighted by atomic mass is 19.2. The normalized spacial score (nSPS) is 11.3.